The minimum absolute atomic E-state index is 0. The standard InChI is InChI=1S/2C18H15.Zr.2H/c2*1-3-9-15(10-4-1)18(17-13-7-8-14-17)16-11-5-2-6-12-16;;;/h2*1-7,9-13,18H,8H2;;;/q2*-1;+4;2*-1. The summed E-state index contributed by atoms with van der Waals surface area (Å²) in [7, 11) is 0. The van der Waals surface area contributed by atoms with E-state index in [0.29, 0.717) is 11.8 Å². The normalized spacial score (nSPS) is 13.6. The molecule has 0 saturated heterocycles. The van der Waals surface area contributed by atoms with Crippen LogP contribution in [0.1, 0.15) is 49.8 Å². The summed E-state index contributed by atoms with van der Waals surface area (Å²) in [5.74, 6) is 0.622. The molecule has 0 saturated carbocycles. The molecule has 0 radical (unpaired) electrons. The second kappa shape index (κ2) is 13.9. The molecule has 0 N–H and O–H groups in total. The fraction of sp³-hybridized carbons (Fsp3) is 0.111. The van der Waals surface area contributed by atoms with Crippen molar-refractivity contribution < 1.29 is 29.1 Å². The summed E-state index contributed by atoms with van der Waals surface area (Å²) < 4.78 is 0. The zero-order valence-electron chi connectivity index (χ0n) is 22.9. The van der Waals surface area contributed by atoms with Crippen LogP contribution < -0.4 is 0 Å². The molecule has 2 aliphatic rings. The van der Waals surface area contributed by atoms with E-state index in [1.807, 2.05) is 0 Å². The fourth-order valence-corrected chi connectivity index (χ4v) is 4.92. The number of hydrogen-bond donors (Lipinski definition) is 0. The number of rotatable bonds is 6. The molecule has 0 atom stereocenters. The largest absolute Gasteiger partial charge is 4.00 e. The van der Waals surface area contributed by atoms with E-state index in [-0.39, 0.29) is 29.1 Å². The molecular formula is C36H32Zr. The summed E-state index contributed by atoms with van der Waals surface area (Å²) in [4.78, 5) is 0. The van der Waals surface area contributed by atoms with Crippen LogP contribution in [0.2, 0.25) is 0 Å². The third kappa shape index (κ3) is 6.94. The Hall–Kier alpha value is -3.28. The first kappa shape index (κ1) is 26.8. The summed E-state index contributed by atoms with van der Waals surface area (Å²) in [6, 6.07) is 42.6. The van der Waals surface area contributed by atoms with Crippen molar-refractivity contribution in [1.82, 2.24) is 0 Å². The smallest absolute Gasteiger partial charge is 1.00 e. The van der Waals surface area contributed by atoms with Crippen LogP contribution in [0.25, 0.3) is 0 Å². The van der Waals surface area contributed by atoms with Gasteiger partial charge in [0.2, 0.25) is 0 Å². The van der Waals surface area contributed by atoms with E-state index >= 15 is 0 Å². The van der Waals surface area contributed by atoms with Crippen molar-refractivity contribution in [3.8, 4) is 0 Å². The molecule has 0 heterocycles. The van der Waals surface area contributed by atoms with E-state index in [1.165, 1.54) is 33.4 Å². The van der Waals surface area contributed by atoms with Gasteiger partial charge < -0.3 is 2.85 Å². The van der Waals surface area contributed by atoms with Gasteiger partial charge in [0.15, 0.2) is 0 Å². The van der Waals surface area contributed by atoms with Crippen molar-refractivity contribution in [2.45, 2.75) is 24.7 Å². The van der Waals surface area contributed by atoms with Crippen LogP contribution in [0.15, 0.2) is 157 Å². The van der Waals surface area contributed by atoms with Crippen LogP contribution in [-0.2, 0) is 26.2 Å². The average Bonchev–Trinajstić information content (AvgIpc) is 3.68. The predicted molar refractivity (Wildman–Crippen MR) is 153 cm³/mol. The maximum Gasteiger partial charge on any atom is 4.00 e. The van der Waals surface area contributed by atoms with Crippen LogP contribution in [0.3, 0.4) is 0 Å². The van der Waals surface area contributed by atoms with Crippen molar-refractivity contribution in [3.63, 3.8) is 0 Å². The number of benzene rings is 4. The quantitative estimate of drug-likeness (QED) is 0.208. The van der Waals surface area contributed by atoms with Gasteiger partial charge in [-0.2, -0.15) is 12.2 Å². The number of hydrogen-bond acceptors (Lipinski definition) is 0. The maximum atomic E-state index is 3.46. The Bertz CT molecular complexity index is 1170. The van der Waals surface area contributed by atoms with E-state index < -0.39 is 0 Å². The summed E-state index contributed by atoms with van der Waals surface area (Å²) in [5.41, 5.74) is 7.89. The van der Waals surface area contributed by atoms with Gasteiger partial charge in [0.05, 0.1) is 0 Å². The zero-order chi connectivity index (χ0) is 24.4. The fourth-order valence-electron chi connectivity index (χ4n) is 4.92. The van der Waals surface area contributed by atoms with Gasteiger partial charge in [0.25, 0.3) is 0 Å². The molecule has 180 valence electrons. The van der Waals surface area contributed by atoms with E-state index in [4.69, 9.17) is 0 Å². The minimum Gasteiger partial charge on any atom is -1.00 e. The molecule has 37 heavy (non-hydrogen) atoms. The Morgan fingerprint density at radius 1 is 0.432 bits per heavy atom. The Balaban J connectivity index is 0.000000254. The van der Waals surface area contributed by atoms with E-state index in [1.54, 1.807) is 0 Å². The van der Waals surface area contributed by atoms with Gasteiger partial charge in [0, 0.05) is 11.8 Å². The Labute approximate surface area is 243 Å². The molecule has 0 unspecified atom stereocenters. The van der Waals surface area contributed by atoms with Gasteiger partial charge in [-0.3, -0.25) is 12.2 Å². The minimum atomic E-state index is 0. The molecule has 2 aliphatic carbocycles. The summed E-state index contributed by atoms with van der Waals surface area (Å²) in [6.07, 6.45) is 17.5. The average molecular weight is 556 g/mol. The Kier molecular flexibility index (Phi) is 10.0. The molecule has 0 bridgehead atoms. The molecule has 0 fully saturated rings. The first-order valence-corrected chi connectivity index (χ1v) is 12.6. The third-order valence-corrected chi connectivity index (χ3v) is 6.60. The van der Waals surface area contributed by atoms with Crippen LogP contribution in [-0.4, -0.2) is 0 Å². The van der Waals surface area contributed by atoms with Crippen molar-refractivity contribution in [2.24, 2.45) is 0 Å². The van der Waals surface area contributed by atoms with E-state index in [2.05, 4.69) is 158 Å². The summed E-state index contributed by atoms with van der Waals surface area (Å²) in [6.45, 7) is 0. The van der Waals surface area contributed by atoms with Crippen molar-refractivity contribution in [1.29, 1.82) is 0 Å². The number of allylic oxidation sites excluding steroid dienone is 8. The van der Waals surface area contributed by atoms with E-state index in [0.717, 1.165) is 12.8 Å². The van der Waals surface area contributed by atoms with E-state index in [9.17, 15) is 0 Å². The molecule has 1 heteroatoms. The van der Waals surface area contributed by atoms with Gasteiger partial charge in [0.1, 0.15) is 0 Å². The second-order valence-corrected chi connectivity index (χ2v) is 8.99. The van der Waals surface area contributed by atoms with Crippen molar-refractivity contribution in [2.75, 3.05) is 0 Å². The van der Waals surface area contributed by atoms with Crippen molar-refractivity contribution >= 4 is 0 Å². The molecule has 6 rings (SSSR count). The summed E-state index contributed by atoms with van der Waals surface area (Å²) >= 11 is 0. The molecule has 0 aromatic heterocycles. The predicted octanol–water partition coefficient (Wildman–Crippen LogP) is 9.24. The molecule has 4 aromatic carbocycles. The first-order valence-electron chi connectivity index (χ1n) is 12.6. The van der Waals surface area contributed by atoms with Crippen molar-refractivity contribution in [3.05, 3.63) is 191 Å². The SMILES string of the molecule is [C-]1=C(C(c2ccccc2)c2ccccc2)C=CC1.[C-]1=C(C(c2ccccc2)c2ccccc2)C=CC1.[H-].[H-].[Zr+4]. The molecule has 0 spiro atoms. The molecular weight excluding hydrogens is 524 g/mol. The van der Waals surface area contributed by atoms with Crippen LogP contribution >= 0.6 is 0 Å². The van der Waals surface area contributed by atoms with Gasteiger partial charge in [-0.1, -0.05) is 121 Å². The second-order valence-electron chi connectivity index (χ2n) is 8.99. The van der Waals surface area contributed by atoms with Gasteiger partial charge >= 0.3 is 26.2 Å². The van der Waals surface area contributed by atoms with Crippen LogP contribution in [0.5, 0.6) is 0 Å². The van der Waals surface area contributed by atoms with Gasteiger partial charge in [-0.25, -0.2) is 23.3 Å². The van der Waals surface area contributed by atoms with Gasteiger partial charge in [-0.05, 0) is 22.3 Å². The third-order valence-electron chi connectivity index (χ3n) is 6.60. The van der Waals surface area contributed by atoms with Crippen LogP contribution in [0, 0.1) is 12.2 Å². The maximum absolute atomic E-state index is 3.46. The van der Waals surface area contributed by atoms with Crippen LogP contribution in [0.4, 0.5) is 0 Å². The molecule has 0 amide bonds. The molecule has 4 aromatic rings. The molecule has 0 nitrogen and oxygen atoms in total. The topological polar surface area (TPSA) is 0 Å². The zero-order valence-corrected chi connectivity index (χ0v) is 23.4. The Morgan fingerprint density at radius 3 is 0.919 bits per heavy atom. The molecule has 0 aliphatic heterocycles. The van der Waals surface area contributed by atoms with Gasteiger partial charge in [-0.15, -0.1) is 12.8 Å². The summed E-state index contributed by atoms with van der Waals surface area (Å²) in [5, 5.41) is 0. The monoisotopic (exact) mass is 554 g/mol. The Morgan fingerprint density at radius 2 is 0.703 bits per heavy atom. The first-order chi connectivity index (χ1) is 17.9.